The van der Waals surface area contributed by atoms with Crippen LogP contribution in [-0.4, -0.2) is 44.9 Å². The van der Waals surface area contributed by atoms with Gasteiger partial charge in [-0.25, -0.2) is 15.0 Å². The number of hydrogen-bond donors (Lipinski definition) is 0. The maximum Gasteiger partial charge on any atom is 0.219 e. The highest BCUT2D eigenvalue weighted by Crippen LogP contribution is 2.30. The van der Waals surface area contributed by atoms with Crippen molar-refractivity contribution in [2.45, 2.75) is 38.8 Å². The van der Waals surface area contributed by atoms with Crippen LogP contribution in [0.4, 0.5) is 5.13 Å². The predicted octanol–water partition coefficient (Wildman–Crippen LogP) is 3.49. The van der Waals surface area contributed by atoms with Gasteiger partial charge in [0, 0.05) is 50.6 Å². The summed E-state index contributed by atoms with van der Waals surface area (Å²) in [6, 6.07) is 8.51. The molecule has 1 saturated heterocycles. The molecule has 0 unspecified atom stereocenters. The van der Waals surface area contributed by atoms with Crippen LogP contribution in [0.2, 0.25) is 0 Å². The molecule has 27 heavy (non-hydrogen) atoms. The number of carbonyl (C=O) groups is 1. The number of hydrogen-bond acceptors (Lipinski definition) is 6. The summed E-state index contributed by atoms with van der Waals surface area (Å²) in [6.07, 6.45) is 8.09. The van der Waals surface area contributed by atoms with Crippen LogP contribution in [0, 0.1) is 0 Å². The molecule has 2 aromatic heterocycles. The van der Waals surface area contributed by atoms with E-state index >= 15 is 0 Å². The Kier molecular flexibility index (Phi) is 5.29. The van der Waals surface area contributed by atoms with Gasteiger partial charge >= 0.3 is 0 Å². The van der Waals surface area contributed by atoms with Crippen LogP contribution in [0.15, 0.2) is 43.0 Å². The smallest absolute Gasteiger partial charge is 0.219 e. The number of fused-ring (bicyclic) bond motifs is 1. The Bertz CT molecular complexity index is 880. The Morgan fingerprint density at radius 2 is 2.04 bits per heavy atom. The zero-order valence-electron chi connectivity index (χ0n) is 15.4. The molecule has 1 aliphatic rings. The van der Waals surface area contributed by atoms with Crippen LogP contribution >= 0.6 is 11.3 Å². The van der Waals surface area contributed by atoms with E-state index < -0.39 is 0 Å². The van der Waals surface area contributed by atoms with Crippen molar-refractivity contribution in [2.24, 2.45) is 0 Å². The van der Waals surface area contributed by atoms with E-state index in [0.29, 0.717) is 6.54 Å². The summed E-state index contributed by atoms with van der Waals surface area (Å²) in [7, 11) is 0. The SMILES string of the molecule is CC(=O)N(Cc1cncnc1)[C@H]1CCCN(c2nc3ccccc3s2)CC1. The van der Waals surface area contributed by atoms with E-state index in [1.165, 1.54) is 11.0 Å². The molecule has 0 saturated carbocycles. The first-order valence-electron chi connectivity index (χ1n) is 9.32. The minimum absolute atomic E-state index is 0.109. The predicted molar refractivity (Wildman–Crippen MR) is 108 cm³/mol. The lowest BCUT2D eigenvalue weighted by Gasteiger charge is -2.30. The third-order valence-electron chi connectivity index (χ3n) is 5.06. The highest BCUT2D eigenvalue weighted by molar-refractivity contribution is 7.22. The zero-order valence-corrected chi connectivity index (χ0v) is 16.2. The zero-order chi connectivity index (χ0) is 18.6. The van der Waals surface area contributed by atoms with Gasteiger partial charge in [0.2, 0.25) is 5.91 Å². The highest BCUT2D eigenvalue weighted by atomic mass is 32.1. The molecular weight excluding hydrogens is 358 g/mol. The van der Waals surface area contributed by atoms with Crippen molar-refractivity contribution in [2.75, 3.05) is 18.0 Å². The summed E-state index contributed by atoms with van der Waals surface area (Å²) in [6.45, 7) is 4.12. The lowest BCUT2D eigenvalue weighted by molar-refractivity contribution is -0.132. The molecule has 7 heteroatoms. The van der Waals surface area contributed by atoms with E-state index in [2.05, 4.69) is 33.1 Å². The normalized spacial score (nSPS) is 17.7. The van der Waals surface area contributed by atoms with Crippen LogP contribution < -0.4 is 4.90 Å². The van der Waals surface area contributed by atoms with Crippen LogP contribution in [-0.2, 0) is 11.3 Å². The van der Waals surface area contributed by atoms with Crippen LogP contribution in [0.5, 0.6) is 0 Å². The fraction of sp³-hybridized carbons (Fsp3) is 0.400. The Morgan fingerprint density at radius 1 is 1.22 bits per heavy atom. The molecule has 140 valence electrons. The van der Waals surface area contributed by atoms with E-state index in [1.54, 1.807) is 30.7 Å². The molecule has 4 rings (SSSR count). The number of aromatic nitrogens is 3. The first kappa shape index (κ1) is 17.9. The molecule has 3 heterocycles. The molecule has 0 radical (unpaired) electrons. The summed E-state index contributed by atoms with van der Waals surface area (Å²) in [5.41, 5.74) is 2.03. The Labute approximate surface area is 162 Å². The van der Waals surface area contributed by atoms with E-state index in [4.69, 9.17) is 4.98 Å². The first-order valence-corrected chi connectivity index (χ1v) is 10.1. The number of benzene rings is 1. The van der Waals surface area contributed by atoms with E-state index in [-0.39, 0.29) is 11.9 Å². The van der Waals surface area contributed by atoms with Gasteiger partial charge in [-0.3, -0.25) is 4.79 Å². The second kappa shape index (κ2) is 8.00. The number of anilines is 1. The summed E-state index contributed by atoms with van der Waals surface area (Å²) < 4.78 is 1.22. The average Bonchev–Trinajstić information content (AvgIpc) is 2.97. The highest BCUT2D eigenvalue weighted by Gasteiger charge is 2.26. The number of amides is 1. The van der Waals surface area contributed by atoms with Crippen LogP contribution in [0.3, 0.4) is 0 Å². The average molecular weight is 382 g/mol. The van der Waals surface area contributed by atoms with Crippen molar-refractivity contribution >= 4 is 32.6 Å². The number of nitrogens with zero attached hydrogens (tertiary/aromatic N) is 5. The van der Waals surface area contributed by atoms with Crippen molar-refractivity contribution in [3.05, 3.63) is 48.5 Å². The number of thiazole rings is 1. The van der Waals surface area contributed by atoms with Crippen molar-refractivity contribution < 1.29 is 4.79 Å². The van der Waals surface area contributed by atoms with Gasteiger partial charge in [-0.05, 0) is 31.4 Å². The molecule has 1 amide bonds. The molecule has 1 fully saturated rings. The molecule has 1 atom stereocenters. The molecule has 0 spiro atoms. The Hall–Kier alpha value is -2.54. The van der Waals surface area contributed by atoms with E-state index in [0.717, 1.165) is 48.6 Å². The quantitative estimate of drug-likeness (QED) is 0.692. The minimum Gasteiger partial charge on any atom is -0.348 e. The van der Waals surface area contributed by atoms with Gasteiger partial charge in [-0.15, -0.1) is 0 Å². The summed E-state index contributed by atoms with van der Waals surface area (Å²) in [4.78, 5) is 29.6. The lowest BCUT2D eigenvalue weighted by Crippen LogP contribution is -2.39. The fourth-order valence-corrected chi connectivity index (χ4v) is 4.70. The molecular formula is C20H23N5OS. The second-order valence-corrected chi connectivity index (χ2v) is 7.94. The van der Waals surface area contributed by atoms with Crippen LogP contribution in [0.1, 0.15) is 31.7 Å². The first-order chi connectivity index (χ1) is 13.2. The third kappa shape index (κ3) is 4.08. The summed E-state index contributed by atoms with van der Waals surface area (Å²) >= 11 is 1.75. The van der Waals surface area contributed by atoms with Gasteiger partial charge < -0.3 is 9.80 Å². The van der Waals surface area contributed by atoms with Crippen molar-refractivity contribution in [3.63, 3.8) is 0 Å². The van der Waals surface area contributed by atoms with Gasteiger partial charge in [-0.1, -0.05) is 23.5 Å². The van der Waals surface area contributed by atoms with Gasteiger partial charge in [0.25, 0.3) is 0 Å². The maximum absolute atomic E-state index is 12.3. The third-order valence-corrected chi connectivity index (χ3v) is 6.16. The topological polar surface area (TPSA) is 62.2 Å². The molecule has 0 bridgehead atoms. The van der Waals surface area contributed by atoms with Crippen molar-refractivity contribution in [1.82, 2.24) is 19.9 Å². The van der Waals surface area contributed by atoms with E-state index in [1.807, 2.05) is 11.0 Å². The lowest BCUT2D eigenvalue weighted by atomic mass is 10.1. The molecule has 0 aliphatic carbocycles. The maximum atomic E-state index is 12.3. The van der Waals surface area contributed by atoms with Gasteiger partial charge in [0.05, 0.1) is 10.2 Å². The summed E-state index contributed by atoms with van der Waals surface area (Å²) in [5, 5.41) is 1.09. The van der Waals surface area contributed by atoms with Crippen LogP contribution in [0.25, 0.3) is 10.2 Å². The van der Waals surface area contributed by atoms with Gasteiger partial charge in [0.1, 0.15) is 6.33 Å². The Balaban J connectivity index is 1.47. The molecule has 0 N–H and O–H groups in total. The Morgan fingerprint density at radius 3 is 2.81 bits per heavy atom. The standard InChI is InChI=1S/C20H23N5OS/c1-15(26)25(13-16-11-21-14-22-12-16)17-5-4-9-24(10-8-17)20-23-18-6-2-3-7-19(18)27-20/h2-3,6-7,11-12,14,17H,4-5,8-10,13H2,1H3/t17-/m0/s1. The number of para-hydroxylation sites is 1. The van der Waals surface area contributed by atoms with Gasteiger partial charge in [-0.2, -0.15) is 0 Å². The van der Waals surface area contributed by atoms with Crippen molar-refractivity contribution in [3.8, 4) is 0 Å². The summed E-state index contributed by atoms with van der Waals surface area (Å²) in [5.74, 6) is 0.109. The minimum atomic E-state index is 0.109. The van der Waals surface area contributed by atoms with Gasteiger partial charge in [0.15, 0.2) is 5.13 Å². The molecule has 1 aromatic carbocycles. The molecule has 1 aliphatic heterocycles. The monoisotopic (exact) mass is 381 g/mol. The largest absolute Gasteiger partial charge is 0.348 e. The molecule has 3 aromatic rings. The molecule has 6 nitrogen and oxygen atoms in total. The van der Waals surface area contributed by atoms with E-state index in [9.17, 15) is 4.79 Å². The number of rotatable bonds is 4. The number of carbonyl (C=O) groups excluding carboxylic acids is 1. The fourth-order valence-electron chi connectivity index (χ4n) is 3.68. The van der Waals surface area contributed by atoms with Crippen molar-refractivity contribution in [1.29, 1.82) is 0 Å². The second-order valence-electron chi connectivity index (χ2n) is 6.93.